The molecule has 1 aliphatic rings. The van der Waals surface area contributed by atoms with Crippen molar-refractivity contribution in [2.24, 2.45) is 0 Å². The first-order chi connectivity index (χ1) is 10.2. The van der Waals surface area contributed by atoms with Crippen LogP contribution in [0.15, 0.2) is 46.2 Å². The van der Waals surface area contributed by atoms with Crippen molar-refractivity contribution in [3.05, 3.63) is 41.3 Å². The van der Waals surface area contributed by atoms with Crippen molar-refractivity contribution in [3.63, 3.8) is 0 Å². The van der Waals surface area contributed by atoms with Gasteiger partial charge in [0, 0.05) is 35.3 Å². The molecule has 0 saturated carbocycles. The lowest BCUT2D eigenvalue weighted by atomic mass is 10.2. The van der Waals surface area contributed by atoms with Crippen molar-refractivity contribution < 1.29 is 4.79 Å². The molecule has 2 rings (SSSR count). The van der Waals surface area contributed by atoms with Gasteiger partial charge in [0.1, 0.15) is 6.29 Å². The highest BCUT2D eigenvalue weighted by atomic mass is 32.2. The average Bonchev–Trinajstić information content (AvgIpc) is 2.53. The first-order valence-corrected chi connectivity index (χ1v) is 8.01. The minimum atomic E-state index is 0.0814. The fraction of sp³-hybridized carbons (Fsp3) is 0.353. The van der Waals surface area contributed by atoms with E-state index in [0.29, 0.717) is 0 Å². The van der Waals surface area contributed by atoms with Crippen molar-refractivity contribution in [1.29, 1.82) is 0 Å². The van der Waals surface area contributed by atoms with Gasteiger partial charge in [-0.05, 0) is 31.2 Å². The summed E-state index contributed by atoms with van der Waals surface area (Å²) in [5, 5.41) is 3.45. The molecule has 1 aliphatic heterocycles. The van der Waals surface area contributed by atoms with Gasteiger partial charge < -0.3 is 10.2 Å². The van der Waals surface area contributed by atoms with Gasteiger partial charge in [0.25, 0.3) is 0 Å². The highest BCUT2D eigenvalue weighted by Gasteiger charge is 2.21. The molecule has 0 radical (unpaired) electrons. The van der Waals surface area contributed by atoms with Gasteiger partial charge in [-0.2, -0.15) is 0 Å². The van der Waals surface area contributed by atoms with Crippen LogP contribution in [0.4, 0.5) is 11.4 Å². The van der Waals surface area contributed by atoms with Crippen LogP contribution in [-0.2, 0) is 4.79 Å². The van der Waals surface area contributed by atoms with E-state index in [1.807, 2.05) is 40.9 Å². The number of nitrogens with one attached hydrogen (secondary N) is 1. The molecule has 1 aromatic rings. The fourth-order valence-corrected chi connectivity index (χ4v) is 3.01. The van der Waals surface area contributed by atoms with Crippen LogP contribution in [-0.4, -0.2) is 26.4 Å². The van der Waals surface area contributed by atoms with Crippen LogP contribution in [0.2, 0.25) is 0 Å². The van der Waals surface area contributed by atoms with Gasteiger partial charge in [-0.15, -0.1) is 0 Å². The van der Waals surface area contributed by atoms with E-state index < -0.39 is 0 Å². The molecule has 0 aromatic heterocycles. The van der Waals surface area contributed by atoms with Crippen LogP contribution in [0, 0.1) is 0 Å². The smallest absolute Gasteiger partial charge is 0.142 e. The lowest BCUT2D eigenvalue weighted by Crippen LogP contribution is -2.22. The number of hydrogen-bond acceptors (Lipinski definition) is 4. The zero-order chi connectivity index (χ0) is 15.8. The van der Waals surface area contributed by atoms with Crippen LogP contribution in [0.1, 0.15) is 20.8 Å². The van der Waals surface area contributed by atoms with Crippen LogP contribution in [0.25, 0.3) is 0 Å². The zero-order valence-corrected chi connectivity index (χ0v) is 14.2. The first-order valence-electron chi connectivity index (χ1n) is 7.19. The predicted molar refractivity (Wildman–Crippen MR) is 94.3 cm³/mol. The fourth-order valence-electron chi connectivity index (χ4n) is 1.96. The van der Waals surface area contributed by atoms with Gasteiger partial charge >= 0.3 is 0 Å². The van der Waals surface area contributed by atoms with Crippen molar-refractivity contribution in [3.8, 4) is 0 Å². The maximum atomic E-state index is 10.5. The molecule has 1 N–H and O–H groups in total. The Morgan fingerprint density at radius 2 is 2.00 bits per heavy atom. The minimum Gasteiger partial charge on any atom is -0.378 e. The Bertz CT molecular complexity index is 536. The summed E-state index contributed by atoms with van der Waals surface area (Å²) in [6.45, 7) is 6.02. The summed E-state index contributed by atoms with van der Waals surface area (Å²) in [4.78, 5) is 15.0. The Hall–Kier alpha value is -1.68. The van der Waals surface area contributed by atoms with E-state index in [0.717, 1.165) is 12.0 Å². The molecule has 3 nitrogen and oxygen atoms in total. The van der Waals surface area contributed by atoms with E-state index in [-0.39, 0.29) is 6.04 Å². The molecule has 0 spiro atoms. The summed E-state index contributed by atoms with van der Waals surface area (Å²) in [5.74, 6) is 0. The van der Waals surface area contributed by atoms with Gasteiger partial charge in [-0.3, -0.25) is 4.79 Å². The third-order valence-corrected chi connectivity index (χ3v) is 4.28. The Kier molecular flexibility index (Phi) is 7.09. The van der Waals surface area contributed by atoms with Crippen LogP contribution < -0.4 is 10.2 Å². The molecule has 0 saturated heterocycles. The van der Waals surface area contributed by atoms with Crippen molar-refractivity contribution in [2.45, 2.75) is 31.7 Å². The summed E-state index contributed by atoms with van der Waals surface area (Å²) in [6.07, 6.45) is 6.33. The molecule has 0 bridgehead atoms. The van der Waals surface area contributed by atoms with E-state index in [1.54, 1.807) is 17.8 Å². The number of anilines is 2. The second kappa shape index (κ2) is 8.57. The van der Waals surface area contributed by atoms with Gasteiger partial charge in [-0.1, -0.05) is 37.8 Å². The van der Waals surface area contributed by atoms with Gasteiger partial charge in [0.05, 0.1) is 6.04 Å². The number of aldehydes is 1. The molecule has 1 heterocycles. The Balaban J connectivity index is 0.00000106. The second-order valence-corrected chi connectivity index (χ2v) is 5.63. The average molecular weight is 304 g/mol. The van der Waals surface area contributed by atoms with Crippen LogP contribution in [0.5, 0.6) is 0 Å². The summed E-state index contributed by atoms with van der Waals surface area (Å²) in [6, 6.07) is 6.44. The standard InChI is InChI=1S/C15H18N2OS.C2H6/c1-4-14-12(6-5-9-18)16-13-8-7-11(17(2)3)10-15(13)19-14;1-2/h4-10,12,16H,1-3H3;1-2H3/b6-5-,14-4+;. The number of allylic oxidation sites excluding steroid dienone is 2. The van der Waals surface area contributed by atoms with Gasteiger partial charge in [0.2, 0.25) is 0 Å². The van der Waals surface area contributed by atoms with Crippen molar-refractivity contribution in [1.82, 2.24) is 0 Å². The number of nitrogens with zero attached hydrogens (tertiary/aromatic N) is 1. The van der Waals surface area contributed by atoms with E-state index in [4.69, 9.17) is 0 Å². The molecule has 0 amide bonds. The quantitative estimate of drug-likeness (QED) is 0.665. The topological polar surface area (TPSA) is 32.3 Å². The number of benzene rings is 1. The van der Waals surface area contributed by atoms with Gasteiger partial charge in [0.15, 0.2) is 0 Å². The summed E-state index contributed by atoms with van der Waals surface area (Å²) >= 11 is 1.75. The van der Waals surface area contributed by atoms with Crippen molar-refractivity contribution >= 4 is 29.4 Å². The van der Waals surface area contributed by atoms with E-state index in [2.05, 4.69) is 34.5 Å². The highest BCUT2D eigenvalue weighted by Crippen LogP contribution is 2.42. The third-order valence-electron chi connectivity index (χ3n) is 2.99. The monoisotopic (exact) mass is 304 g/mol. The molecule has 114 valence electrons. The molecule has 1 aromatic carbocycles. The maximum absolute atomic E-state index is 10.5. The van der Waals surface area contributed by atoms with Crippen LogP contribution >= 0.6 is 11.8 Å². The molecule has 0 fully saturated rings. The normalized spacial score (nSPS) is 18.5. The third kappa shape index (κ3) is 4.39. The van der Waals surface area contributed by atoms with Crippen molar-refractivity contribution in [2.75, 3.05) is 24.3 Å². The number of carbonyl (C=O) groups excluding carboxylic acids is 1. The maximum Gasteiger partial charge on any atom is 0.142 e. The van der Waals surface area contributed by atoms with E-state index in [1.165, 1.54) is 15.5 Å². The van der Waals surface area contributed by atoms with Gasteiger partial charge in [-0.25, -0.2) is 0 Å². The molecular formula is C17H24N2OS. The van der Waals surface area contributed by atoms with E-state index >= 15 is 0 Å². The molecule has 1 atom stereocenters. The number of fused-ring (bicyclic) bond motifs is 1. The number of rotatable bonds is 3. The minimum absolute atomic E-state index is 0.0814. The van der Waals surface area contributed by atoms with Crippen LogP contribution in [0.3, 0.4) is 0 Å². The lowest BCUT2D eigenvalue weighted by molar-refractivity contribution is -0.104. The molecular weight excluding hydrogens is 280 g/mol. The number of carbonyl (C=O) groups is 1. The predicted octanol–water partition coefficient (Wildman–Crippen LogP) is 4.32. The number of thioether (sulfide) groups is 1. The SMILES string of the molecule is C/C=C1/Sc2cc(N(C)C)ccc2NC1/C=C\C=O.CC. The summed E-state index contributed by atoms with van der Waals surface area (Å²) in [5.41, 5.74) is 2.30. The molecule has 0 aliphatic carbocycles. The lowest BCUT2D eigenvalue weighted by Gasteiger charge is -2.28. The first kappa shape index (κ1) is 17.4. The largest absolute Gasteiger partial charge is 0.378 e. The van der Waals surface area contributed by atoms with E-state index in [9.17, 15) is 4.79 Å². The molecule has 1 unspecified atom stereocenters. The number of hydrogen-bond donors (Lipinski definition) is 1. The molecule has 21 heavy (non-hydrogen) atoms. The Morgan fingerprint density at radius 3 is 2.57 bits per heavy atom. The zero-order valence-electron chi connectivity index (χ0n) is 13.4. The summed E-state index contributed by atoms with van der Waals surface area (Å²) < 4.78 is 0. The highest BCUT2D eigenvalue weighted by molar-refractivity contribution is 8.03. The molecule has 4 heteroatoms. The second-order valence-electron chi connectivity index (χ2n) is 4.51. The summed E-state index contributed by atoms with van der Waals surface area (Å²) in [7, 11) is 4.07. The Labute approximate surface area is 132 Å². The Morgan fingerprint density at radius 1 is 1.29 bits per heavy atom.